The largest absolute Gasteiger partial charge is 0.364 e. The van der Waals surface area contributed by atoms with Gasteiger partial charge < -0.3 is 14.7 Å². The summed E-state index contributed by atoms with van der Waals surface area (Å²) in [5.41, 5.74) is 3.57. The highest BCUT2D eigenvalue weighted by Gasteiger charge is 2.19. The number of nitrogens with one attached hydrogen (secondary N) is 1. The molecular weight excluding hydrogens is 441 g/mol. The minimum absolute atomic E-state index is 0. The number of nitrogens with zero attached hydrogens (tertiary/aromatic N) is 4. The molecule has 1 aliphatic rings. The lowest BCUT2D eigenvalue weighted by Gasteiger charge is -2.36. The Bertz CT molecular complexity index is 681. The Kier molecular flexibility index (Phi) is 8.37. The fraction of sp³-hybridized carbons (Fsp3) is 0.474. The first-order valence-electron chi connectivity index (χ1n) is 8.95. The molecule has 2 heterocycles. The Balaban J connectivity index is 0.00000243. The molecule has 0 bridgehead atoms. The van der Waals surface area contributed by atoms with Crippen LogP contribution in [-0.4, -0.2) is 53.6 Å². The zero-order chi connectivity index (χ0) is 17.5. The van der Waals surface area contributed by atoms with Gasteiger partial charge in [0, 0.05) is 45.3 Å². The van der Waals surface area contributed by atoms with Crippen LogP contribution >= 0.6 is 24.0 Å². The Morgan fingerprint density at radius 1 is 1.23 bits per heavy atom. The van der Waals surface area contributed by atoms with Crippen molar-refractivity contribution >= 4 is 29.9 Å². The van der Waals surface area contributed by atoms with Crippen LogP contribution in [0.15, 0.2) is 46.1 Å². The maximum atomic E-state index is 4.87. The van der Waals surface area contributed by atoms with E-state index in [0.717, 1.165) is 50.9 Å². The number of rotatable bonds is 5. The fourth-order valence-electron chi connectivity index (χ4n) is 3.09. The SMILES string of the molecule is CCNC(=NCc1ccon1)N1CCN(Cc2cccc(C)c2)CC1.I. The first-order chi connectivity index (χ1) is 12.2. The van der Waals surface area contributed by atoms with Gasteiger partial charge in [0.05, 0.1) is 6.54 Å². The third kappa shape index (κ3) is 5.98. The van der Waals surface area contributed by atoms with E-state index in [0.29, 0.717) is 6.54 Å². The van der Waals surface area contributed by atoms with Crippen LogP contribution in [0.3, 0.4) is 0 Å². The highest BCUT2D eigenvalue weighted by molar-refractivity contribution is 14.0. The molecule has 3 rings (SSSR count). The number of halogens is 1. The summed E-state index contributed by atoms with van der Waals surface area (Å²) in [4.78, 5) is 9.53. The number of benzene rings is 1. The van der Waals surface area contributed by atoms with Crippen molar-refractivity contribution in [1.29, 1.82) is 0 Å². The van der Waals surface area contributed by atoms with E-state index in [1.165, 1.54) is 11.1 Å². The summed E-state index contributed by atoms with van der Waals surface area (Å²) in [6.45, 7) is 10.7. The topological polar surface area (TPSA) is 56.9 Å². The first-order valence-corrected chi connectivity index (χ1v) is 8.95. The quantitative estimate of drug-likeness (QED) is 0.415. The molecule has 0 amide bonds. The van der Waals surface area contributed by atoms with Crippen LogP contribution < -0.4 is 5.32 Å². The molecular formula is C19H28IN5O. The molecule has 1 fully saturated rings. The zero-order valence-corrected chi connectivity index (χ0v) is 17.8. The number of aliphatic imine (C=N–C) groups is 1. The molecule has 0 saturated carbocycles. The van der Waals surface area contributed by atoms with Gasteiger partial charge in [-0.2, -0.15) is 0 Å². The molecule has 0 atom stereocenters. The number of hydrogen-bond acceptors (Lipinski definition) is 4. The van der Waals surface area contributed by atoms with E-state index in [1.54, 1.807) is 6.26 Å². The van der Waals surface area contributed by atoms with Crippen molar-refractivity contribution in [1.82, 2.24) is 20.3 Å². The number of piperazine rings is 1. The summed E-state index contributed by atoms with van der Waals surface area (Å²) in [7, 11) is 0. The highest BCUT2D eigenvalue weighted by atomic mass is 127. The molecule has 1 aromatic carbocycles. The van der Waals surface area contributed by atoms with Crippen LogP contribution in [0, 0.1) is 6.92 Å². The summed E-state index contributed by atoms with van der Waals surface area (Å²) in [6, 6.07) is 10.6. The predicted octanol–water partition coefficient (Wildman–Crippen LogP) is 2.88. The first kappa shape index (κ1) is 20.7. The second-order valence-electron chi connectivity index (χ2n) is 6.41. The average molecular weight is 469 g/mol. The van der Waals surface area contributed by atoms with Gasteiger partial charge in [0.2, 0.25) is 0 Å². The second kappa shape index (κ2) is 10.5. The van der Waals surface area contributed by atoms with Crippen LogP contribution in [0.4, 0.5) is 0 Å². The summed E-state index contributed by atoms with van der Waals surface area (Å²) in [5, 5.41) is 7.31. The Hall–Kier alpha value is -1.61. The Morgan fingerprint density at radius 2 is 2.04 bits per heavy atom. The number of guanidine groups is 1. The monoisotopic (exact) mass is 469 g/mol. The van der Waals surface area contributed by atoms with E-state index in [4.69, 9.17) is 9.52 Å². The van der Waals surface area contributed by atoms with Crippen LogP contribution in [0.2, 0.25) is 0 Å². The predicted molar refractivity (Wildman–Crippen MR) is 115 cm³/mol. The van der Waals surface area contributed by atoms with Crippen LogP contribution in [0.1, 0.15) is 23.7 Å². The smallest absolute Gasteiger partial charge is 0.194 e. The van der Waals surface area contributed by atoms with Gasteiger partial charge >= 0.3 is 0 Å². The third-order valence-corrected chi connectivity index (χ3v) is 4.38. The second-order valence-corrected chi connectivity index (χ2v) is 6.41. The van der Waals surface area contributed by atoms with Crippen LogP contribution in [0.5, 0.6) is 0 Å². The van der Waals surface area contributed by atoms with E-state index in [9.17, 15) is 0 Å². The van der Waals surface area contributed by atoms with Crippen molar-refractivity contribution in [3.05, 3.63) is 53.4 Å². The van der Waals surface area contributed by atoms with Crippen molar-refractivity contribution in [2.24, 2.45) is 4.99 Å². The maximum Gasteiger partial charge on any atom is 0.194 e. The lowest BCUT2D eigenvalue weighted by Crippen LogP contribution is -2.52. The van der Waals surface area contributed by atoms with Gasteiger partial charge in [-0.05, 0) is 19.4 Å². The molecule has 1 aromatic heterocycles. The standard InChI is InChI=1S/C19H27N5O.HI/c1-3-20-19(21-14-18-7-12-25-22-18)24-10-8-23(9-11-24)15-17-6-4-5-16(2)13-17;/h4-7,12-13H,3,8-11,14-15H2,1-2H3,(H,20,21);1H. The van der Waals surface area contributed by atoms with Gasteiger partial charge in [-0.3, -0.25) is 4.90 Å². The molecule has 0 radical (unpaired) electrons. The van der Waals surface area contributed by atoms with Crippen molar-refractivity contribution in [3.8, 4) is 0 Å². The summed E-state index contributed by atoms with van der Waals surface area (Å²) < 4.78 is 4.87. The molecule has 1 aliphatic heterocycles. The molecule has 0 spiro atoms. The molecule has 1 N–H and O–H groups in total. The van der Waals surface area contributed by atoms with Gasteiger partial charge in [-0.25, -0.2) is 4.99 Å². The molecule has 2 aromatic rings. The lowest BCUT2D eigenvalue weighted by molar-refractivity contribution is 0.172. The zero-order valence-electron chi connectivity index (χ0n) is 15.5. The number of aromatic nitrogens is 1. The molecule has 26 heavy (non-hydrogen) atoms. The lowest BCUT2D eigenvalue weighted by atomic mass is 10.1. The molecule has 142 valence electrons. The van der Waals surface area contributed by atoms with Crippen molar-refractivity contribution in [2.45, 2.75) is 26.9 Å². The minimum atomic E-state index is 0. The fourth-order valence-corrected chi connectivity index (χ4v) is 3.09. The highest BCUT2D eigenvalue weighted by Crippen LogP contribution is 2.11. The van der Waals surface area contributed by atoms with Gasteiger partial charge in [-0.15, -0.1) is 24.0 Å². The van der Waals surface area contributed by atoms with E-state index >= 15 is 0 Å². The minimum Gasteiger partial charge on any atom is -0.364 e. The summed E-state index contributed by atoms with van der Waals surface area (Å²) in [6.07, 6.45) is 1.59. The van der Waals surface area contributed by atoms with Crippen LogP contribution in [0.25, 0.3) is 0 Å². The summed E-state index contributed by atoms with van der Waals surface area (Å²) in [5.74, 6) is 0.959. The third-order valence-electron chi connectivity index (χ3n) is 4.38. The Morgan fingerprint density at radius 3 is 2.69 bits per heavy atom. The molecule has 0 unspecified atom stereocenters. The molecule has 6 nitrogen and oxygen atoms in total. The maximum absolute atomic E-state index is 4.87. The molecule has 0 aliphatic carbocycles. The van der Waals surface area contributed by atoms with Crippen molar-refractivity contribution < 1.29 is 4.52 Å². The van der Waals surface area contributed by atoms with E-state index in [2.05, 4.69) is 58.4 Å². The van der Waals surface area contributed by atoms with Gasteiger partial charge in [0.15, 0.2) is 5.96 Å². The van der Waals surface area contributed by atoms with Crippen molar-refractivity contribution in [3.63, 3.8) is 0 Å². The van der Waals surface area contributed by atoms with Crippen molar-refractivity contribution in [2.75, 3.05) is 32.7 Å². The molecule has 7 heteroatoms. The normalized spacial score (nSPS) is 15.6. The van der Waals surface area contributed by atoms with E-state index in [1.807, 2.05) is 6.07 Å². The number of aryl methyl sites for hydroxylation is 1. The van der Waals surface area contributed by atoms with Crippen LogP contribution in [-0.2, 0) is 13.1 Å². The molecule has 1 saturated heterocycles. The summed E-state index contributed by atoms with van der Waals surface area (Å²) >= 11 is 0. The van der Waals surface area contributed by atoms with Gasteiger partial charge in [0.1, 0.15) is 12.0 Å². The van der Waals surface area contributed by atoms with Gasteiger partial charge in [-0.1, -0.05) is 35.0 Å². The number of hydrogen-bond donors (Lipinski definition) is 1. The Labute approximate surface area is 172 Å². The van der Waals surface area contributed by atoms with Gasteiger partial charge in [0.25, 0.3) is 0 Å². The van der Waals surface area contributed by atoms with E-state index < -0.39 is 0 Å². The average Bonchev–Trinajstić information content (AvgIpc) is 3.13. The van der Waals surface area contributed by atoms with E-state index in [-0.39, 0.29) is 24.0 Å².